The molecule has 0 unspecified atom stereocenters. The first-order chi connectivity index (χ1) is 8.88. The Hall–Kier alpha value is -1.23. The third-order valence-corrected chi connectivity index (χ3v) is 4.02. The lowest BCUT2D eigenvalue weighted by Gasteiger charge is -2.08. The molecule has 19 heavy (non-hydrogen) atoms. The van der Waals surface area contributed by atoms with Crippen LogP contribution < -0.4 is 15.8 Å². The minimum absolute atomic E-state index is 0.0610. The van der Waals surface area contributed by atoms with Crippen LogP contribution in [0.3, 0.4) is 0 Å². The van der Waals surface area contributed by atoms with E-state index in [1.54, 1.807) is 7.11 Å². The van der Waals surface area contributed by atoms with Gasteiger partial charge in [0.2, 0.25) is 0 Å². The molecule has 0 spiro atoms. The largest absolute Gasteiger partial charge is 0.492 e. The molecule has 1 heterocycles. The topological polar surface area (TPSA) is 64.3 Å². The fourth-order valence-electron chi connectivity index (χ4n) is 1.67. The number of carbonyl (C=O) groups excluding carboxylic acids is 1. The van der Waals surface area contributed by atoms with Crippen LogP contribution in [0.25, 0.3) is 0 Å². The van der Waals surface area contributed by atoms with E-state index in [9.17, 15) is 4.79 Å². The second-order valence-corrected chi connectivity index (χ2v) is 6.36. The van der Waals surface area contributed by atoms with Gasteiger partial charge >= 0.3 is 0 Å². The number of hydrogen-bond donors (Lipinski definition) is 2. The van der Waals surface area contributed by atoms with Gasteiger partial charge in [-0.05, 0) is 12.3 Å². The molecule has 0 amide bonds. The van der Waals surface area contributed by atoms with Gasteiger partial charge in [0.05, 0.1) is 17.7 Å². The number of nitrogen functional groups attached to an aromatic ring is 1. The van der Waals surface area contributed by atoms with Gasteiger partial charge < -0.3 is 15.8 Å². The smallest absolute Gasteiger partial charge is 0.177 e. The summed E-state index contributed by atoms with van der Waals surface area (Å²) in [5.41, 5.74) is 6.47. The van der Waals surface area contributed by atoms with E-state index in [4.69, 9.17) is 10.5 Å². The summed E-state index contributed by atoms with van der Waals surface area (Å²) in [4.78, 5) is 12.7. The van der Waals surface area contributed by atoms with Crippen LogP contribution in [0.15, 0.2) is 0 Å². The highest BCUT2D eigenvalue weighted by Crippen LogP contribution is 2.43. The zero-order chi connectivity index (χ0) is 14.6. The van der Waals surface area contributed by atoms with E-state index in [0.29, 0.717) is 22.2 Å². The van der Waals surface area contributed by atoms with Crippen molar-refractivity contribution < 1.29 is 9.53 Å². The molecule has 0 atom stereocenters. The Balaban J connectivity index is 2.92. The van der Waals surface area contributed by atoms with Crippen LogP contribution in [0, 0.1) is 11.8 Å². The molecule has 0 aliphatic rings. The molecule has 4 nitrogen and oxygen atoms in total. The first kappa shape index (κ1) is 15.8. The number of ether oxygens (including phenoxy) is 1. The predicted molar refractivity (Wildman–Crippen MR) is 82.4 cm³/mol. The number of carbonyl (C=O) groups is 1. The summed E-state index contributed by atoms with van der Waals surface area (Å²) in [6.07, 6.45) is 1.06. The van der Waals surface area contributed by atoms with Crippen molar-refractivity contribution in [2.45, 2.75) is 34.1 Å². The summed E-state index contributed by atoms with van der Waals surface area (Å²) in [6.45, 7) is 8.95. The molecule has 0 aromatic carbocycles. The average molecular weight is 284 g/mol. The zero-order valence-corrected chi connectivity index (χ0v) is 13.2. The lowest BCUT2D eigenvalue weighted by molar-refractivity contribution is 0.0944. The molecule has 1 rings (SSSR count). The van der Waals surface area contributed by atoms with Crippen LogP contribution in [-0.2, 0) is 0 Å². The second kappa shape index (κ2) is 6.80. The van der Waals surface area contributed by atoms with Gasteiger partial charge in [-0.2, -0.15) is 0 Å². The fraction of sp³-hybridized carbons (Fsp3) is 0.643. The first-order valence-electron chi connectivity index (χ1n) is 6.62. The van der Waals surface area contributed by atoms with Crippen molar-refractivity contribution in [1.82, 2.24) is 0 Å². The summed E-state index contributed by atoms with van der Waals surface area (Å²) < 4.78 is 5.31. The van der Waals surface area contributed by atoms with Crippen molar-refractivity contribution in [2.24, 2.45) is 11.8 Å². The Morgan fingerprint density at radius 2 is 2.00 bits per heavy atom. The lowest BCUT2D eigenvalue weighted by atomic mass is 10.1. The molecular formula is C14H24N2O2S. The molecule has 0 bridgehead atoms. The quantitative estimate of drug-likeness (QED) is 0.750. The van der Waals surface area contributed by atoms with Crippen LogP contribution in [-0.4, -0.2) is 19.4 Å². The summed E-state index contributed by atoms with van der Waals surface area (Å²) in [6, 6.07) is 0. The Labute approximate surface area is 119 Å². The maximum absolute atomic E-state index is 12.1. The van der Waals surface area contributed by atoms with Crippen molar-refractivity contribution in [2.75, 3.05) is 24.7 Å². The number of methoxy groups -OCH3 is 1. The number of thiophene rings is 1. The van der Waals surface area contributed by atoms with E-state index < -0.39 is 0 Å². The van der Waals surface area contributed by atoms with E-state index in [1.807, 2.05) is 13.8 Å². The van der Waals surface area contributed by atoms with Crippen molar-refractivity contribution in [3.8, 4) is 5.75 Å². The first-order valence-corrected chi connectivity index (χ1v) is 7.44. The average Bonchev–Trinajstić information content (AvgIpc) is 2.64. The van der Waals surface area contributed by atoms with Gasteiger partial charge in [0.25, 0.3) is 0 Å². The SMILES string of the molecule is COc1c(NCCC(C)C)sc(C(=O)C(C)C)c1N. The molecule has 3 N–H and O–H groups in total. The van der Waals surface area contributed by atoms with E-state index in [0.717, 1.165) is 18.0 Å². The number of rotatable bonds is 7. The standard InChI is InChI=1S/C14H24N2O2S/c1-8(2)6-7-16-14-12(18-5)10(15)13(19-14)11(17)9(3)4/h8-9,16H,6-7,15H2,1-5H3. The third kappa shape index (κ3) is 3.86. The highest BCUT2D eigenvalue weighted by Gasteiger charge is 2.23. The van der Waals surface area contributed by atoms with Gasteiger partial charge in [-0.25, -0.2) is 0 Å². The number of nitrogens with two attached hydrogens (primary N) is 1. The van der Waals surface area contributed by atoms with Crippen LogP contribution >= 0.6 is 11.3 Å². The molecule has 0 saturated heterocycles. The molecule has 0 fully saturated rings. The maximum atomic E-state index is 12.1. The fourth-order valence-corrected chi connectivity index (χ4v) is 2.87. The normalized spacial score (nSPS) is 11.1. The summed E-state index contributed by atoms with van der Waals surface area (Å²) in [5, 5.41) is 4.16. The van der Waals surface area contributed by atoms with Gasteiger partial charge in [-0.1, -0.05) is 27.7 Å². The van der Waals surface area contributed by atoms with Gasteiger partial charge in [0, 0.05) is 12.5 Å². The lowest BCUT2D eigenvalue weighted by Crippen LogP contribution is -2.07. The van der Waals surface area contributed by atoms with E-state index in [1.165, 1.54) is 11.3 Å². The van der Waals surface area contributed by atoms with Crippen LogP contribution in [0.1, 0.15) is 43.8 Å². The molecule has 0 aliphatic heterocycles. The highest BCUT2D eigenvalue weighted by atomic mass is 32.1. The van der Waals surface area contributed by atoms with Gasteiger partial charge in [0.1, 0.15) is 5.00 Å². The van der Waals surface area contributed by atoms with Crippen LogP contribution in [0.2, 0.25) is 0 Å². The van der Waals surface area contributed by atoms with Gasteiger partial charge in [0.15, 0.2) is 11.5 Å². The number of ketones is 1. The molecule has 1 aromatic rings. The Kier molecular flexibility index (Phi) is 5.66. The summed E-state index contributed by atoms with van der Waals surface area (Å²) in [7, 11) is 1.58. The van der Waals surface area contributed by atoms with E-state index >= 15 is 0 Å². The maximum Gasteiger partial charge on any atom is 0.177 e. The van der Waals surface area contributed by atoms with E-state index in [-0.39, 0.29) is 11.7 Å². The van der Waals surface area contributed by atoms with Crippen molar-refractivity contribution in [1.29, 1.82) is 0 Å². The minimum Gasteiger partial charge on any atom is -0.492 e. The Morgan fingerprint density at radius 3 is 2.47 bits per heavy atom. The summed E-state index contributed by atoms with van der Waals surface area (Å²) >= 11 is 1.39. The van der Waals surface area contributed by atoms with Gasteiger partial charge in [-0.15, -0.1) is 11.3 Å². The number of Topliss-reactive ketones (excluding diaryl/α,β-unsaturated/α-hetero) is 1. The van der Waals surface area contributed by atoms with Crippen molar-refractivity contribution in [3.63, 3.8) is 0 Å². The molecule has 0 radical (unpaired) electrons. The number of nitrogens with one attached hydrogen (secondary N) is 1. The monoisotopic (exact) mass is 284 g/mol. The minimum atomic E-state index is -0.0610. The molecule has 0 saturated carbocycles. The second-order valence-electron chi connectivity index (χ2n) is 5.34. The van der Waals surface area contributed by atoms with Crippen molar-refractivity contribution in [3.05, 3.63) is 4.88 Å². The van der Waals surface area contributed by atoms with Crippen LogP contribution in [0.4, 0.5) is 10.7 Å². The Bertz CT molecular complexity index is 439. The zero-order valence-electron chi connectivity index (χ0n) is 12.4. The molecule has 1 aromatic heterocycles. The number of hydrogen-bond acceptors (Lipinski definition) is 5. The summed E-state index contributed by atoms with van der Waals surface area (Å²) in [5.74, 6) is 1.23. The van der Waals surface area contributed by atoms with Crippen molar-refractivity contribution >= 4 is 27.8 Å². The Morgan fingerprint density at radius 1 is 1.37 bits per heavy atom. The predicted octanol–water partition coefficient (Wildman–Crippen LogP) is 3.64. The molecule has 5 heteroatoms. The highest BCUT2D eigenvalue weighted by molar-refractivity contribution is 7.19. The molecule has 108 valence electrons. The number of anilines is 2. The molecular weight excluding hydrogens is 260 g/mol. The van der Waals surface area contributed by atoms with E-state index in [2.05, 4.69) is 19.2 Å². The van der Waals surface area contributed by atoms with Crippen LogP contribution in [0.5, 0.6) is 5.75 Å². The van der Waals surface area contributed by atoms with Gasteiger partial charge in [-0.3, -0.25) is 4.79 Å². The third-order valence-electron chi connectivity index (χ3n) is 2.86. The molecule has 0 aliphatic carbocycles.